The fourth-order valence-corrected chi connectivity index (χ4v) is 5.10. The van der Waals surface area contributed by atoms with Crippen LogP contribution in [0.3, 0.4) is 0 Å². The first-order valence-electron chi connectivity index (χ1n) is 12.0. The molecule has 0 bridgehead atoms. The van der Waals surface area contributed by atoms with Gasteiger partial charge in [0.25, 0.3) is 5.56 Å². The van der Waals surface area contributed by atoms with Gasteiger partial charge in [0.05, 0.1) is 29.4 Å². The molecule has 5 rings (SSSR count). The van der Waals surface area contributed by atoms with Gasteiger partial charge in [-0.3, -0.25) is 14.3 Å². The third-order valence-electron chi connectivity index (χ3n) is 6.16. The van der Waals surface area contributed by atoms with Crippen molar-refractivity contribution in [2.45, 2.75) is 37.2 Å². The van der Waals surface area contributed by atoms with Crippen LogP contribution in [-0.2, 0) is 11.3 Å². The maximum Gasteiger partial charge on any atom is 0.262 e. The summed E-state index contributed by atoms with van der Waals surface area (Å²) in [7, 11) is 0. The first-order valence-corrected chi connectivity index (χ1v) is 12.8. The minimum atomic E-state index is -0.166. The van der Waals surface area contributed by atoms with Gasteiger partial charge in [-0.25, -0.2) is 4.98 Å². The summed E-state index contributed by atoms with van der Waals surface area (Å²) in [5.41, 5.74) is 2.74. The number of hydrogen-bond donors (Lipinski definition) is 0. The largest absolute Gasteiger partial charge is 0.419 e. The molecule has 2 aromatic carbocycles. The van der Waals surface area contributed by atoms with Gasteiger partial charge >= 0.3 is 0 Å². The minimum Gasteiger partial charge on any atom is -0.419 e. The minimum absolute atomic E-state index is 0.0156. The molecule has 9 heteroatoms. The van der Waals surface area contributed by atoms with Crippen LogP contribution in [0.5, 0.6) is 0 Å². The molecule has 1 saturated heterocycles. The number of hydrogen-bond acceptors (Lipinski definition) is 8. The Morgan fingerprint density at radius 3 is 2.60 bits per heavy atom. The van der Waals surface area contributed by atoms with Gasteiger partial charge in [-0.05, 0) is 44.5 Å². The molecule has 4 aromatic rings. The number of fused-ring (bicyclic) bond motifs is 1. The van der Waals surface area contributed by atoms with Crippen LogP contribution in [0.25, 0.3) is 22.4 Å². The average Bonchev–Trinajstić information content (AvgIpc) is 3.38. The number of aryl methyl sites for hydroxylation is 1. The highest BCUT2D eigenvalue weighted by atomic mass is 32.2. The molecule has 3 heterocycles. The van der Waals surface area contributed by atoms with E-state index in [-0.39, 0.29) is 10.8 Å². The lowest BCUT2D eigenvalue weighted by molar-refractivity contribution is 0.0368. The fraction of sp³-hybridized carbons (Fsp3) is 0.385. The summed E-state index contributed by atoms with van der Waals surface area (Å²) in [6.07, 6.45) is 0.861. The second-order valence-electron chi connectivity index (χ2n) is 8.75. The monoisotopic (exact) mass is 491 g/mol. The van der Waals surface area contributed by atoms with Crippen molar-refractivity contribution >= 4 is 22.7 Å². The number of para-hydroxylation sites is 1. The van der Waals surface area contributed by atoms with Gasteiger partial charge in [0.15, 0.2) is 5.16 Å². The maximum absolute atomic E-state index is 13.4. The molecule has 182 valence electrons. The van der Waals surface area contributed by atoms with Crippen LogP contribution in [0.2, 0.25) is 0 Å². The molecule has 1 aliphatic heterocycles. The SMILES string of the molecule is Cc1ccc(-c2nnc(C(C)Sc3nc4ccccc4c(=O)n3CCCN3CCOCC3)o2)cc1. The van der Waals surface area contributed by atoms with E-state index in [2.05, 4.69) is 15.1 Å². The van der Waals surface area contributed by atoms with Crippen molar-refractivity contribution in [2.24, 2.45) is 0 Å². The Balaban J connectivity index is 1.37. The first-order chi connectivity index (χ1) is 17.1. The highest BCUT2D eigenvalue weighted by Crippen LogP contribution is 2.34. The van der Waals surface area contributed by atoms with Gasteiger partial charge in [-0.15, -0.1) is 10.2 Å². The van der Waals surface area contributed by atoms with Gasteiger partial charge in [-0.1, -0.05) is 41.6 Å². The smallest absolute Gasteiger partial charge is 0.262 e. The lowest BCUT2D eigenvalue weighted by Crippen LogP contribution is -2.37. The van der Waals surface area contributed by atoms with Crippen LogP contribution in [0.4, 0.5) is 0 Å². The standard InChI is InChI=1S/C26H29N5O3S/c1-18-8-10-20(11-9-18)24-29-28-23(34-24)19(2)35-26-27-22-7-4-3-6-21(22)25(32)31(26)13-5-12-30-14-16-33-17-15-30/h3-4,6-11,19H,5,12-17H2,1-2H3. The molecule has 8 nitrogen and oxygen atoms in total. The molecule has 2 aromatic heterocycles. The van der Waals surface area contributed by atoms with Gasteiger partial charge in [0, 0.05) is 31.7 Å². The molecule has 35 heavy (non-hydrogen) atoms. The number of ether oxygens (including phenoxy) is 1. The van der Waals surface area contributed by atoms with Gasteiger partial charge in [0.2, 0.25) is 11.8 Å². The van der Waals surface area contributed by atoms with Crippen molar-refractivity contribution in [3.63, 3.8) is 0 Å². The Morgan fingerprint density at radius 2 is 1.80 bits per heavy atom. The van der Waals surface area contributed by atoms with E-state index in [1.807, 2.05) is 62.4 Å². The lowest BCUT2D eigenvalue weighted by Gasteiger charge is -2.26. The summed E-state index contributed by atoms with van der Waals surface area (Å²) >= 11 is 1.47. The fourth-order valence-electron chi connectivity index (χ4n) is 4.13. The Bertz CT molecular complexity index is 1350. The molecule has 0 spiro atoms. The highest BCUT2D eigenvalue weighted by molar-refractivity contribution is 7.99. The van der Waals surface area contributed by atoms with E-state index in [9.17, 15) is 4.79 Å². The van der Waals surface area contributed by atoms with Crippen molar-refractivity contribution < 1.29 is 9.15 Å². The topological polar surface area (TPSA) is 86.3 Å². The Hall–Kier alpha value is -3.01. The molecule has 1 atom stereocenters. The van der Waals surface area contributed by atoms with E-state index in [0.29, 0.717) is 34.4 Å². The molecule has 0 saturated carbocycles. The second kappa shape index (κ2) is 10.7. The normalized spacial score (nSPS) is 15.5. The van der Waals surface area contributed by atoms with E-state index < -0.39 is 0 Å². The highest BCUT2D eigenvalue weighted by Gasteiger charge is 2.21. The molecule has 1 aliphatic rings. The molecule has 1 fully saturated rings. The maximum atomic E-state index is 13.4. The summed E-state index contributed by atoms with van der Waals surface area (Å²) in [6, 6.07) is 15.5. The van der Waals surface area contributed by atoms with Crippen molar-refractivity contribution in [3.05, 3.63) is 70.3 Å². The zero-order valence-electron chi connectivity index (χ0n) is 20.0. The van der Waals surface area contributed by atoms with Crippen molar-refractivity contribution in [1.29, 1.82) is 0 Å². The molecular formula is C26H29N5O3S. The van der Waals surface area contributed by atoms with Crippen molar-refractivity contribution in [2.75, 3.05) is 32.8 Å². The molecular weight excluding hydrogens is 462 g/mol. The number of thioether (sulfide) groups is 1. The summed E-state index contributed by atoms with van der Waals surface area (Å²) in [4.78, 5) is 20.6. The first kappa shape index (κ1) is 23.7. The second-order valence-corrected chi connectivity index (χ2v) is 10.1. The van der Waals surface area contributed by atoms with E-state index in [4.69, 9.17) is 14.1 Å². The average molecular weight is 492 g/mol. The number of nitrogens with zero attached hydrogens (tertiary/aromatic N) is 5. The third-order valence-corrected chi connectivity index (χ3v) is 7.23. The van der Waals surface area contributed by atoms with E-state index in [1.54, 1.807) is 4.57 Å². The van der Waals surface area contributed by atoms with Crippen LogP contribution in [-0.4, -0.2) is 57.5 Å². The quantitative estimate of drug-likeness (QED) is 0.266. The molecule has 1 unspecified atom stereocenters. The number of benzene rings is 2. The number of morpholine rings is 1. The van der Waals surface area contributed by atoms with Gasteiger partial charge < -0.3 is 9.15 Å². The number of aromatic nitrogens is 4. The summed E-state index contributed by atoms with van der Waals surface area (Å²) in [6.45, 7) is 8.96. The molecule has 0 amide bonds. The molecule has 0 aliphatic carbocycles. The predicted molar refractivity (Wildman–Crippen MR) is 137 cm³/mol. The summed E-state index contributed by atoms with van der Waals surface area (Å²) in [5.74, 6) is 0.995. The van der Waals surface area contributed by atoms with Gasteiger partial charge in [-0.2, -0.15) is 0 Å². The van der Waals surface area contributed by atoms with Crippen molar-refractivity contribution in [1.82, 2.24) is 24.6 Å². The predicted octanol–water partition coefficient (Wildman–Crippen LogP) is 4.33. The van der Waals surface area contributed by atoms with E-state index in [0.717, 1.165) is 44.8 Å². The zero-order chi connectivity index (χ0) is 24.2. The van der Waals surface area contributed by atoms with Crippen molar-refractivity contribution in [3.8, 4) is 11.5 Å². The lowest BCUT2D eigenvalue weighted by atomic mass is 10.1. The Labute approximate surface area is 208 Å². The van der Waals surface area contributed by atoms with E-state index in [1.165, 1.54) is 17.3 Å². The molecule has 0 radical (unpaired) electrons. The third kappa shape index (κ3) is 5.47. The van der Waals surface area contributed by atoms with Crippen LogP contribution in [0.15, 0.2) is 62.9 Å². The molecule has 0 N–H and O–H groups in total. The van der Waals surface area contributed by atoms with Gasteiger partial charge in [0.1, 0.15) is 0 Å². The summed E-state index contributed by atoms with van der Waals surface area (Å²) < 4.78 is 13.2. The van der Waals surface area contributed by atoms with Crippen LogP contribution in [0.1, 0.15) is 30.0 Å². The van der Waals surface area contributed by atoms with E-state index >= 15 is 0 Å². The Kier molecular flexibility index (Phi) is 7.26. The number of rotatable bonds is 8. The summed E-state index contributed by atoms with van der Waals surface area (Å²) in [5, 5.41) is 9.65. The zero-order valence-corrected chi connectivity index (χ0v) is 20.8. The van der Waals surface area contributed by atoms with Crippen LogP contribution >= 0.6 is 11.8 Å². The Morgan fingerprint density at radius 1 is 1.03 bits per heavy atom. The van der Waals surface area contributed by atoms with Crippen LogP contribution in [0, 0.1) is 6.92 Å². The van der Waals surface area contributed by atoms with Crippen LogP contribution < -0.4 is 5.56 Å².